The summed E-state index contributed by atoms with van der Waals surface area (Å²) >= 11 is 0. The molecule has 0 aliphatic heterocycles. The van der Waals surface area contributed by atoms with E-state index < -0.39 is 5.97 Å². The number of carbonyl (C=O) groups excluding carboxylic acids is 1. The van der Waals surface area contributed by atoms with Crippen molar-refractivity contribution in [3.63, 3.8) is 0 Å². The topological polar surface area (TPSA) is 54.4 Å². The highest BCUT2D eigenvalue weighted by Crippen LogP contribution is 2.10. The second kappa shape index (κ2) is 3.85. The fourth-order valence-electron chi connectivity index (χ4n) is 1.17. The SMILES string of the molecule is Cc1ccc(C=O)c(CC(=O)O)c1. The van der Waals surface area contributed by atoms with Crippen LogP contribution >= 0.6 is 0 Å². The normalized spacial score (nSPS) is 9.62. The lowest BCUT2D eigenvalue weighted by Gasteiger charge is -2.02. The zero-order valence-corrected chi connectivity index (χ0v) is 7.28. The van der Waals surface area contributed by atoms with Gasteiger partial charge in [-0.05, 0) is 12.5 Å². The average Bonchev–Trinajstić information content (AvgIpc) is 2.03. The van der Waals surface area contributed by atoms with Gasteiger partial charge in [-0.3, -0.25) is 9.59 Å². The molecule has 0 atom stereocenters. The molecule has 3 nitrogen and oxygen atoms in total. The van der Waals surface area contributed by atoms with Crippen LogP contribution in [0.15, 0.2) is 18.2 Å². The summed E-state index contributed by atoms with van der Waals surface area (Å²) in [5.41, 5.74) is 1.98. The second-order valence-electron chi connectivity index (χ2n) is 2.89. The minimum absolute atomic E-state index is 0.101. The Bertz CT molecular complexity index is 342. The predicted molar refractivity (Wildman–Crippen MR) is 47.9 cm³/mol. The van der Waals surface area contributed by atoms with E-state index in [0.29, 0.717) is 17.4 Å². The standard InChI is InChI=1S/C10H10O3/c1-7-2-3-8(6-11)9(4-7)5-10(12)13/h2-4,6H,5H2,1H3,(H,12,13). The maximum absolute atomic E-state index is 10.5. The van der Waals surface area contributed by atoms with Crippen LogP contribution in [-0.4, -0.2) is 17.4 Å². The fourth-order valence-corrected chi connectivity index (χ4v) is 1.17. The Hall–Kier alpha value is -1.64. The number of aliphatic carboxylic acids is 1. The molecule has 0 radical (unpaired) electrons. The molecule has 0 spiro atoms. The van der Waals surface area contributed by atoms with Crippen molar-refractivity contribution in [3.05, 3.63) is 34.9 Å². The first-order valence-corrected chi connectivity index (χ1v) is 3.90. The maximum Gasteiger partial charge on any atom is 0.307 e. The van der Waals surface area contributed by atoms with Crippen molar-refractivity contribution < 1.29 is 14.7 Å². The number of carboxylic acids is 1. The number of aldehydes is 1. The summed E-state index contributed by atoms with van der Waals surface area (Å²) < 4.78 is 0. The molecule has 0 fully saturated rings. The van der Waals surface area contributed by atoms with E-state index in [0.717, 1.165) is 5.56 Å². The van der Waals surface area contributed by atoms with E-state index in [2.05, 4.69) is 0 Å². The lowest BCUT2D eigenvalue weighted by Crippen LogP contribution is -2.03. The highest BCUT2D eigenvalue weighted by atomic mass is 16.4. The lowest BCUT2D eigenvalue weighted by atomic mass is 10.0. The van der Waals surface area contributed by atoms with Crippen LogP contribution in [0.5, 0.6) is 0 Å². The van der Waals surface area contributed by atoms with Gasteiger partial charge in [-0.1, -0.05) is 23.8 Å². The number of hydrogen-bond acceptors (Lipinski definition) is 2. The van der Waals surface area contributed by atoms with Gasteiger partial charge in [0.1, 0.15) is 6.29 Å². The quantitative estimate of drug-likeness (QED) is 0.712. The van der Waals surface area contributed by atoms with Gasteiger partial charge in [-0.2, -0.15) is 0 Å². The van der Waals surface area contributed by atoms with Crippen molar-refractivity contribution in [2.45, 2.75) is 13.3 Å². The largest absolute Gasteiger partial charge is 0.481 e. The first-order chi connectivity index (χ1) is 6.13. The molecule has 0 unspecified atom stereocenters. The molecule has 0 bridgehead atoms. The molecule has 0 aliphatic rings. The molecule has 0 saturated carbocycles. The van der Waals surface area contributed by atoms with Crippen molar-refractivity contribution in [1.29, 1.82) is 0 Å². The van der Waals surface area contributed by atoms with E-state index in [1.165, 1.54) is 0 Å². The third kappa shape index (κ3) is 2.40. The van der Waals surface area contributed by atoms with E-state index in [1.54, 1.807) is 18.2 Å². The zero-order chi connectivity index (χ0) is 9.84. The molecule has 1 rings (SSSR count). The molecule has 1 N–H and O–H groups in total. The summed E-state index contributed by atoms with van der Waals surface area (Å²) in [6.45, 7) is 1.86. The van der Waals surface area contributed by atoms with Crippen molar-refractivity contribution >= 4 is 12.3 Å². The molecule has 0 aliphatic carbocycles. The average molecular weight is 178 g/mol. The lowest BCUT2D eigenvalue weighted by molar-refractivity contribution is -0.136. The van der Waals surface area contributed by atoms with E-state index in [1.807, 2.05) is 6.92 Å². The summed E-state index contributed by atoms with van der Waals surface area (Å²) in [5, 5.41) is 8.56. The van der Waals surface area contributed by atoms with Gasteiger partial charge < -0.3 is 5.11 Å². The van der Waals surface area contributed by atoms with Gasteiger partial charge in [0.15, 0.2) is 0 Å². The Labute approximate surface area is 76.0 Å². The number of aryl methyl sites for hydroxylation is 1. The molecule has 3 heteroatoms. The Balaban J connectivity index is 3.07. The van der Waals surface area contributed by atoms with Gasteiger partial charge in [0.05, 0.1) is 6.42 Å². The molecular weight excluding hydrogens is 168 g/mol. The van der Waals surface area contributed by atoms with E-state index in [4.69, 9.17) is 5.11 Å². The van der Waals surface area contributed by atoms with Crippen molar-refractivity contribution in [2.24, 2.45) is 0 Å². The zero-order valence-electron chi connectivity index (χ0n) is 7.28. The van der Waals surface area contributed by atoms with Crippen LogP contribution in [0.2, 0.25) is 0 Å². The second-order valence-corrected chi connectivity index (χ2v) is 2.89. The van der Waals surface area contributed by atoms with E-state index in [-0.39, 0.29) is 6.42 Å². The van der Waals surface area contributed by atoms with Gasteiger partial charge in [-0.15, -0.1) is 0 Å². The summed E-state index contributed by atoms with van der Waals surface area (Å²) in [4.78, 5) is 21.0. The monoisotopic (exact) mass is 178 g/mol. The highest BCUT2D eigenvalue weighted by Gasteiger charge is 2.05. The molecule has 0 amide bonds. The summed E-state index contributed by atoms with van der Waals surface area (Å²) in [6, 6.07) is 5.15. The smallest absolute Gasteiger partial charge is 0.307 e. The number of carbonyl (C=O) groups is 2. The number of rotatable bonds is 3. The molecule has 0 aromatic heterocycles. The van der Waals surface area contributed by atoms with Crippen LogP contribution < -0.4 is 0 Å². The Morgan fingerprint density at radius 1 is 1.54 bits per heavy atom. The van der Waals surface area contributed by atoms with Gasteiger partial charge >= 0.3 is 5.97 Å². The first kappa shape index (κ1) is 9.45. The molecule has 0 saturated heterocycles. The van der Waals surface area contributed by atoms with Crippen LogP contribution in [0.4, 0.5) is 0 Å². The summed E-state index contributed by atoms with van der Waals surface area (Å²) in [6.07, 6.45) is 0.577. The Kier molecular flexibility index (Phi) is 2.80. The van der Waals surface area contributed by atoms with Gasteiger partial charge in [-0.25, -0.2) is 0 Å². The van der Waals surface area contributed by atoms with E-state index in [9.17, 15) is 9.59 Å². The number of benzene rings is 1. The molecule has 68 valence electrons. The molecular formula is C10H10O3. The van der Waals surface area contributed by atoms with Gasteiger partial charge in [0.25, 0.3) is 0 Å². The van der Waals surface area contributed by atoms with E-state index >= 15 is 0 Å². The third-order valence-corrected chi connectivity index (χ3v) is 1.77. The number of carboxylic acid groups (broad SMARTS) is 1. The maximum atomic E-state index is 10.5. The van der Waals surface area contributed by atoms with Crippen molar-refractivity contribution in [1.82, 2.24) is 0 Å². The van der Waals surface area contributed by atoms with Crippen LogP contribution in [0.1, 0.15) is 21.5 Å². The van der Waals surface area contributed by atoms with Crippen molar-refractivity contribution in [3.8, 4) is 0 Å². The summed E-state index contributed by atoms with van der Waals surface area (Å²) in [7, 11) is 0. The minimum atomic E-state index is -0.923. The first-order valence-electron chi connectivity index (χ1n) is 3.90. The van der Waals surface area contributed by atoms with Gasteiger partial charge in [0, 0.05) is 5.56 Å². The number of hydrogen-bond donors (Lipinski definition) is 1. The van der Waals surface area contributed by atoms with Crippen molar-refractivity contribution in [2.75, 3.05) is 0 Å². The minimum Gasteiger partial charge on any atom is -0.481 e. The van der Waals surface area contributed by atoms with Gasteiger partial charge in [0.2, 0.25) is 0 Å². The molecule has 0 heterocycles. The van der Waals surface area contributed by atoms with Crippen LogP contribution in [-0.2, 0) is 11.2 Å². The Morgan fingerprint density at radius 2 is 2.23 bits per heavy atom. The third-order valence-electron chi connectivity index (χ3n) is 1.77. The molecule has 13 heavy (non-hydrogen) atoms. The fraction of sp³-hybridized carbons (Fsp3) is 0.200. The highest BCUT2D eigenvalue weighted by molar-refractivity contribution is 5.81. The predicted octanol–water partition coefficient (Wildman–Crippen LogP) is 1.43. The summed E-state index contributed by atoms with van der Waals surface area (Å²) in [5.74, 6) is -0.923. The molecule has 1 aromatic rings. The van der Waals surface area contributed by atoms with Crippen LogP contribution in [0.3, 0.4) is 0 Å². The van der Waals surface area contributed by atoms with Crippen LogP contribution in [0, 0.1) is 6.92 Å². The van der Waals surface area contributed by atoms with Crippen LogP contribution in [0.25, 0.3) is 0 Å². The Morgan fingerprint density at radius 3 is 2.77 bits per heavy atom. The molecule has 1 aromatic carbocycles.